The molecular formula is C18H23BrO2. The van der Waals surface area contributed by atoms with E-state index in [-0.39, 0.29) is 0 Å². The van der Waals surface area contributed by atoms with Gasteiger partial charge in [-0.1, -0.05) is 35.0 Å². The number of aryl methyl sites for hydroxylation is 1. The number of phenolic OH excluding ortho intramolecular Hbond substituents is 1. The second-order valence-electron chi connectivity index (χ2n) is 5.44. The second-order valence-corrected chi connectivity index (χ2v) is 6.74. The molecule has 1 atom stereocenters. The number of rotatable bonds is 7. The average molecular weight is 351 g/mol. The number of hydrogen-bond acceptors (Lipinski definition) is 2. The predicted molar refractivity (Wildman–Crippen MR) is 92.7 cm³/mol. The monoisotopic (exact) mass is 350 g/mol. The van der Waals surface area contributed by atoms with Crippen LogP contribution in [0.4, 0.5) is 0 Å². The molecule has 2 nitrogen and oxygen atoms in total. The third kappa shape index (κ3) is 4.37. The molecule has 0 amide bonds. The van der Waals surface area contributed by atoms with Gasteiger partial charge in [-0.25, -0.2) is 0 Å². The molecule has 1 unspecified atom stereocenters. The minimum atomic E-state index is 0.302. The van der Waals surface area contributed by atoms with Gasteiger partial charge in [0, 0.05) is 4.83 Å². The smallest absolute Gasteiger partial charge is 0.122 e. The Kier molecular flexibility index (Phi) is 5.92. The largest absolute Gasteiger partial charge is 0.508 e. The fourth-order valence-corrected chi connectivity index (χ4v) is 2.79. The zero-order chi connectivity index (χ0) is 15.2. The number of benzene rings is 2. The minimum Gasteiger partial charge on any atom is -0.508 e. The van der Waals surface area contributed by atoms with Crippen LogP contribution in [-0.4, -0.2) is 16.5 Å². The van der Waals surface area contributed by atoms with Gasteiger partial charge in [-0.05, 0) is 67.1 Å². The van der Waals surface area contributed by atoms with Gasteiger partial charge >= 0.3 is 0 Å². The predicted octanol–water partition coefficient (Wildman–Crippen LogP) is 5.58. The summed E-state index contributed by atoms with van der Waals surface area (Å²) in [4.78, 5) is 0.632. The first-order valence-electron chi connectivity index (χ1n) is 7.61. The average Bonchev–Trinajstić information content (AvgIpc) is 2.48. The minimum absolute atomic E-state index is 0.302. The molecule has 0 aliphatic rings. The van der Waals surface area contributed by atoms with Gasteiger partial charge in [0.25, 0.3) is 0 Å². The Morgan fingerprint density at radius 2 is 2.00 bits per heavy atom. The topological polar surface area (TPSA) is 29.5 Å². The van der Waals surface area contributed by atoms with Crippen molar-refractivity contribution in [2.75, 3.05) is 6.61 Å². The number of hydrogen-bond donors (Lipinski definition) is 1. The summed E-state index contributed by atoms with van der Waals surface area (Å²) in [5.74, 6) is 1.25. The summed E-state index contributed by atoms with van der Waals surface area (Å²) in [6, 6.07) is 9.45. The summed E-state index contributed by atoms with van der Waals surface area (Å²) in [5.41, 5.74) is 1.14. The van der Waals surface area contributed by atoms with Gasteiger partial charge in [-0.2, -0.15) is 0 Å². The lowest BCUT2D eigenvalue weighted by Gasteiger charge is -2.12. The number of halogens is 1. The number of unbranched alkanes of at least 4 members (excludes halogenated alkanes) is 1. The molecule has 0 heterocycles. The molecule has 21 heavy (non-hydrogen) atoms. The second kappa shape index (κ2) is 7.69. The highest BCUT2D eigenvalue weighted by Gasteiger charge is 2.06. The van der Waals surface area contributed by atoms with Gasteiger partial charge in [-0.3, -0.25) is 0 Å². The van der Waals surface area contributed by atoms with Crippen LogP contribution in [0.1, 0.15) is 38.2 Å². The Morgan fingerprint density at radius 3 is 2.76 bits per heavy atom. The molecule has 114 valence electrons. The molecule has 2 rings (SSSR count). The van der Waals surface area contributed by atoms with Crippen molar-refractivity contribution in [1.82, 2.24) is 0 Å². The zero-order valence-electron chi connectivity index (χ0n) is 12.7. The normalized spacial score (nSPS) is 12.5. The van der Waals surface area contributed by atoms with Gasteiger partial charge < -0.3 is 9.84 Å². The van der Waals surface area contributed by atoms with E-state index in [0.717, 1.165) is 35.1 Å². The van der Waals surface area contributed by atoms with Crippen molar-refractivity contribution >= 4 is 26.7 Å². The highest BCUT2D eigenvalue weighted by molar-refractivity contribution is 9.09. The number of ether oxygens (including phenoxy) is 1. The van der Waals surface area contributed by atoms with E-state index in [0.29, 0.717) is 10.6 Å². The van der Waals surface area contributed by atoms with Gasteiger partial charge in [0.2, 0.25) is 0 Å². The quantitative estimate of drug-likeness (QED) is 0.521. The third-order valence-corrected chi connectivity index (χ3v) is 4.94. The van der Waals surface area contributed by atoms with Crippen molar-refractivity contribution in [1.29, 1.82) is 0 Å². The van der Waals surface area contributed by atoms with Crippen LogP contribution in [0.2, 0.25) is 0 Å². The maximum absolute atomic E-state index is 9.52. The van der Waals surface area contributed by atoms with E-state index < -0.39 is 0 Å². The molecule has 0 aromatic heterocycles. The fraction of sp³-hybridized carbons (Fsp3) is 0.444. The summed E-state index contributed by atoms with van der Waals surface area (Å²) >= 11 is 3.66. The summed E-state index contributed by atoms with van der Waals surface area (Å²) < 4.78 is 5.91. The molecule has 0 bridgehead atoms. The van der Waals surface area contributed by atoms with Crippen molar-refractivity contribution < 1.29 is 9.84 Å². The van der Waals surface area contributed by atoms with Gasteiger partial charge in [0.05, 0.1) is 6.61 Å². The van der Waals surface area contributed by atoms with Gasteiger partial charge in [-0.15, -0.1) is 0 Å². The highest BCUT2D eigenvalue weighted by Crippen LogP contribution is 2.29. The fourth-order valence-electron chi connectivity index (χ4n) is 2.46. The molecule has 0 fully saturated rings. The number of aromatic hydroxyl groups is 1. The first-order chi connectivity index (χ1) is 10.1. The van der Waals surface area contributed by atoms with Crippen LogP contribution in [0, 0.1) is 6.92 Å². The summed E-state index contributed by atoms with van der Waals surface area (Å²) in [5, 5.41) is 11.7. The van der Waals surface area contributed by atoms with E-state index in [1.165, 1.54) is 19.3 Å². The van der Waals surface area contributed by atoms with E-state index in [1.807, 2.05) is 18.2 Å². The van der Waals surface area contributed by atoms with E-state index in [1.54, 1.807) is 12.1 Å². The molecule has 0 saturated carbocycles. The van der Waals surface area contributed by atoms with Crippen LogP contribution in [0.25, 0.3) is 10.8 Å². The Morgan fingerprint density at radius 1 is 1.19 bits per heavy atom. The first-order valence-corrected chi connectivity index (χ1v) is 8.52. The van der Waals surface area contributed by atoms with Crippen LogP contribution in [0.5, 0.6) is 11.5 Å². The Hall–Kier alpha value is -1.22. The van der Waals surface area contributed by atoms with Crippen LogP contribution >= 0.6 is 15.9 Å². The molecule has 2 aromatic carbocycles. The van der Waals surface area contributed by atoms with E-state index in [2.05, 4.69) is 29.8 Å². The summed E-state index contributed by atoms with van der Waals surface area (Å²) in [7, 11) is 0. The Labute approximate surface area is 135 Å². The Bertz CT molecular complexity index is 595. The molecule has 0 aliphatic carbocycles. The third-order valence-electron chi connectivity index (χ3n) is 3.84. The standard InChI is InChI=1S/C18H23BrO2/c1-3-15(19)6-4-5-11-21-18-10-7-14-12-16(20)8-9-17(14)13(18)2/h7-10,12,15,20H,3-6,11H2,1-2H3. The van der Waals surface area contributed by atoms with E-state index in [9.17, 15) is 5.11 Å². The van der Waals surface area contributed by atoms with Crippen molar-refractivity contribution in [2.45, 2.75) is 44.4 Å². The van der Waals surface area contributed by atoms with Crippen molar-refractivity contribution in [2.24, 2.45) is 0 Å². The SMILES string of the molecule is CCC(Br)CCCCOc1ccc2cc(O)ccc2c1C. The van der Waals surface area contributed by atoms with Gasteiger partial charge in [0.15, 0.2) is 0 Å². The molecule has 1 N–H and O–H groups in total. The summed E-state index contributed by atoms with van der Waals surface area (Å²) in [6.45, 7) is 5.03. The highest BCUT2D eigenvalue weighted by atomic mass is 79.9. The molecule has 3 heteroatoms. The van der Waals surface area contributed by atoms with Crippen LogP contribution in [0.3, 0.4) is 0 Å². The lowest BCUT2D eigenvalue weighted by atomic mass is 10.0. The van der Waals surface area contributed by atoms with E-state index in [4.69, 9.17) is 4.74 Å². The maximum Gasteiger partial charge on any atom is 0.122 e. The van der Waals surface area contributed by atoms with Crippen molar-refractivity contribution in [3.8, 4) is 11.5 Å². The van der Waals surface area contributed by atoms with Crippen molar-refractivity contribution in [3.63, 3.8) is 0 Å². The lowest BCUT2D eigenvalue weighted by molar-refractivity contribution is 0.303. The first kappa shape index (κ1) is 16.2. The number of alkyl halides is 1. The molecule has 0 spiro atoms. The zero-order valence-corrected chi connectivity index (χ0v) is 14.3. The molecule has 0 aliphatic heterocycles. The number of fused-ring (bicyclic) bond motifs is 1. The Balaban J connectivity index is 1.93. The molecule has 0 radical (unpaired) electrons. The maximum atomic E-state index is 9.52. The molecule has 0 saturated heterocycles. The van der Waals surface area contributed by atoms with Crippen LogP contribution in [-0.2, 0) is 0 Å². The van der Waals surface area contributed by atoms with Gasteiger partial charge in [0.1, 0.15) is 11.5 Å². The molecule has 2 aromatic rings. The molecular weight excluding hydrogens is 328 g/mol. The van der Waals surface area contributed by atoms with E-state index >= 15 is 0 Å². The lowest BCUT2D eigenvalue weighted by Crippen LogP contribution is -2.01. The summed E-state index contributed by atoms with van der Waals surface area (Å²) in [6.07, 6.45) is 4.65. The number of phenols is 1. The van der Waals surface area contributed by atoms with Crippen molar-refractivity contribution in [3.05, 3.63) is 35.9 Å². The van der Waals surface area contributed by atoms with Crippen LogP contribution in [0.15, 0.2) is 30.3 Å². The van der Waals surface area contributed by atoms with Crippen LogP contribution < -0.4 is 4.74 Å².